The van der Waals surface area contributed by atoms with Crippen molar-refractivity contribution in [1.29, 1.82) is 0 Å². The SMILES string of the molecule is Cc1nc(-c2cccc(C(C)(C)F)c2)[nH]c1-c1ccccc1. The van der Waals surface area contributed by atoms with E-state index in [4.69, 9.17) is 0 Å². The smallest absolute Gasteiger partial charge is 0.138 e. The van der Waals surface area contributed by atoms with Gasteiger partial charge in [-0.2, -0.15) is 0 Å². The summed E-state index contributed by atoms with van der Waals surface area (Å²) in [5.41, 5.74) is 3.22. The van der Waals surface area contributed by atoms with Gasteiger partial charge in [-0.05, 0) is 38.0 Å². The molecule has 0 bridgehead atoms. The lowest BCUT2D eigenvalue weighted by Crippen LogP contribution is -2.08. The van der Waals surface area contributed by atoms with Crippen LogP contribution in [-0.2, 0) is 5.67 Å². The molecule has 0 saturated heterocycles. The van der Waals surface area contributed by atoms with Crippen LogP contribution in [0, 0.1) is 6.92 Å². The molecule has 0 aliphatic heterocycles. The van der Waals surface area contributed by atoms with Crippen molar-refractivity contribution in [1.82, 2.24) is 9.97 Å². The van der Waals surface area contributed by atoms with Gasteiger partial charge in [-0.25, -0.2) is 9.37 Å². The Morgan fingerprint density at radius 3 is 2.32 bits per heavy atom. The number of nitrogens with one attached hydrogen (secondary N) is 1. The third-order valence-corrected chi connectivity index (χ3v) is 3.77. The molecule has 0 unspecified atom stereocenters. The Hall–Kier alpha value is -2.42. The summed E-state index contributed by atoms with van der Waals surface area (Å²) in [7, 11) is 0. The van der Waals surface area contributed by atoms with Gasteiger partial charge in [-0.15, -0.1) is 0 Å². The number of aromatic amines is 1. The van der Waals surface area contributed by atoms with E-state index < -0.39 is 5.67 Å². The van der Waals surface area contributed by atoms with Crippen LogP contribution in [0.1, 0.15) is 25.1 Å². The standard InChI is InChI=1S/C19H19FN2/c1-13-17(14-8-5-4-6-9-14)22-18(21-13)15-10-7-11-16(12-15)19(2,3)20/h4-12H,1-3H3,(H,21,22). The Kier molecular flexibility index (Phi) is 3.57. The molecule has 112 valence electrons. The number of alkyl halides is 1. The highest BCUT2D eigenvalue weighted by Crippen LogP contribution is 2.30. The lowest BCUT2D eigenvalue weighted by Gasteiger charge is -2.15. The number of imidazole rings is 1. The molecule has 3 heteroatoms. The number of benzene rings is 2. The fraction of sp³-hybridized carbons (Fsp3) is 0.211. The highest BCUT2D eigenvalue weighted by molar-refractivity contribution is 5.67. The topological polar surface area (TPSA) is 28.7 Å². The first-order valence-corrected chi connectivity index (χ1v) is 7.37. The van der Waals surface area contributed by atoms with Gasteiger partial charge in [0.25, 0.3) is 0 Å². The predicted molar refractivity (Wildman–Crippen MR) is 88.3 cm³/mol. The minimum absolute atomic E-state index is 0.653. The van der Waals surface area contributed by atoms with Gasteiger partial charge in [0.05, 0.1) is 11.4 Å². The lowest BCUT2D eigenvalue weighted by atomic mass is 9.98. The highest BCUT2D eigenvalue weighted by atomic mass is 19.1. The predicted octanol–water partition coefficient (Wildman–Crippen LogP) is 5.26. The first-order valence-electron chi connectivity index (χ1n) is 7.37. The van der Waals surface area contributed by atoms with E-state index in [0.29, 0.717) is 5.56 Å². The molecule has 2 nitrogen and oxygen atoms in total. The van der Waals surface area contributed by atoms with Crippen LogP contribution in [0.25, 0.3) is 22.6 Å². The number of H-pyrrole nitrogens is 1. The van der Waals surface area contributed by atoms with E-state index >= 15 is 0 Å². The monoisotopic (exact) mass is 294 g/mol. The van der Waals surface area contributed by atoms with Crippen molar-refractivity contribution in [3.63, 3.8) is 0 Å². The van der Waals surface area contributed by atoms with Crippen LogP contribution >= 0.6 is 0 Å². The average Bonchev–Trinajstić information content (AvgIpc) is 2.89. The summed E-state index contributed by atoms with van der Waals surface area (Å²) in [5.74, 6) is 0.766. The average molecular weight is 294 g/mol. The largest absolute Gasteiger partial charge is 0.338 e. The maximum absolute atomic E-state index is 14.1. The molecule has 0 aliphatic rings. The van der Waals surface area contributed by atoms with Crippen LogP contribution in [0.2, 0.25) is 0 Å². The van der Waals surface area contributed by atoms with Crippen LogP contribution < -0.4 is 0 Å². The molecule has 1 aromatic heterocycles. The summed E-state index contributed by atoms with van der Waals surface area (Å²) in [6.07, 6.45) is 0. The van der Waals surface area contributed by atoms with Crippen molar-refractivity contribution < 1.29 is 4.39 Å². The zero-order valence-electron chi connectivity index (χ0n) is 13.0. The van der Waals surface area contributed by atoms with Crippen molar-refractivity contribution in [2.75, 3.05) is 0 Å². The zero-order chi connectivity index (χ0) is 15.7. The molecular formula is C19H19FN2. The Labute approximate surface area is 130 Å². The van der Waals surface area contributed by atoms with E-state index in [1.54, 1.807) is 19.9 Å². The number of nitrogens with zero attached hydrogens (tertiary/aromatic N) is 1. The van der Waals surface area contributed by atoms with E-state index in [-0.39, 0.29) is 0 Å². The first-order chi connectivity index (χ1) is 10.4. The van der Waals surface area contributed by atoms with Crippen molar-refractivity contribution in [2.24, 2.45) is 0 Å². The summed E-state index contributed by atoms with van der Waals surface area (Å²) in [5, 5.41) is 0. The Balaban J connectivity index is 2.04. The minimum atomic E-state index is -1.36. The van der Waals surface area contributed by atoms with Gasteiger partial charge >= 0.3 is 0 Å². The molecule has 0 aliphatic carbocycles. The normalized spacial score (nSPS) is 11.6. The summed E-state index contributed by atoms with van der Waals surface area (Å²) in [4.78, 5) is 7.96. The fourth-order valence-electron chi connectivity index (χ4n) is 2.52. The van der Waals surface area contributed by atoms with Gasteiger partial charge in [-0.3, -0.25) is 0 Å². The molecule has 0 fully saturated rings. The maximum atomic E-state index is 14.1. The molecule has 2 aromatic carbocycles. The van der Waals surface area contributed by atoms with E-state index in [0.717, 1.165) is 28.3 Å². The van der Waals surface area contributed by atoms with Crippen LogP contribution in [0.4, 0.5) is 4.39 Å². The molecule has 0 atom stereocenters. The van der Waals surface area contributed by atoms with Gasteiger partial charge in [0, 0.05) is 5.56 Å². The molecule has 0 spiro atoms. The number of aromatic nitrogens is 2. The highest BCUT2D eigenvalue weighted by Gasteiger charge is 2.19. The maximum Gasteiger partial charge on any atom is 0.138 e. The Bertz CT molecular complexity index is 783. The molecule has 0 amide bonds. The quantitative estimate of drug-likeness (QED) is 0.701. The molecule has 3 aromatic rings. The Morgan fingerprint density at radius 1 is 0.955 bits per heavy atom. The lowest BCUT2D eigenvalue weighted by molar-refractivity contribution is 0.221. The van der Waals surface area contributed by atoms with Crippen LogP contribution in [-0.4, -0.2) is 9.97 Å². The second kappa shape index (κ2) is 5.41. The van der Waals surface area contributed by atoms with E-state index in [9.17, 15) is 4.39 Å². The van der Waals surface area contributed by atoms with Crippen LogP contribution in [0.15, 0.2) is 54.6 Å². The van der Waals surface area contributed by atoms with Crippen LogP contribution in [0.3, 0.4) is 0 Å². The molecule has 0 saturated carbocycles. The third kappa shape index (κ3) is 2.80. The zero-order valence-corrected chi connectivity index (χ0v) is 13.0. The van der Waals surface area contributed by atoms with E-state index in [1.165, 1.54) is 0 Å². The molecular weight excluding hydrogens is 275 g/mol. The van der Waals surface area contributed by atoms with Crippen molar-refractivity contribution in [3.05, 3.63) is 65.9 Å². The van der Waals surface area contributed by atoms with Crippen LogP contribution in [0.5, 0.6) is 0 Å². The second-order valence-corrected chi connectivity index (χ2v) is 5.97. The summed E-state index contributed by atoms with van der Waals surface area (Å²) >= 11 is 0. The third-order valence-electron chi connectivity index (χ3n) is 3.77. The van der Waals surface area contributed by atoms with E-state index in [1.807, 2.05) is 55.5 Å². The van der Waals surface area contributed by atoms with E-state index in [2.05, 4.69) is 9.97 Å². The number of hydrogen-bond acceptors (Lipinski definition) is 1. The molecule has 1 N–H and O–H groups in total. The number of rotatable bonds is 3. The van der Waals surface area contributed by atoms with Gasteiger partial charge in [0.2, 0.25) is 0 Å². The Morgan fingerprint density at radius 2 is 1.64 bits per heavy atom. The second-order valence-electron chi connectivity index (χ2n) is 5.97. The van der Waals surface area contributed by atoms with Gasteiger partial charge < -0.3 is 4.98 Å². The molecule has 1 heterocycles. The summed E-state index contributed by atoms with van der Waals surface area (Å²) in [6.45, 7) is 5.11. The molecule has 0 radical (unpaired) electrons. The summed E-state index contributed by atoms with van der Waals surface area (Å²) in [6, 6.07) is 17.6. The number of hydrogen-bond donors (Lipinski definition) is 1. The number of aryl methyl sites for hydroxylation is 1. The number of halogens is 1. The van der Waals surface area contributed by atoms with Gasteiger partial charge in [0.15, 0.2) is 0 Å². The summed E-state index contributed by atoms with van der Waals surface area (Å²) < 4.78 is 14.1. The fourth-order valence-corrected chi connectivity index (χ4v) is 2.52. The van der Waals surface area contributed by atoms with Crippen molar-refractivity contribution in [3.8, 4) is 22.6 Å². The minimum Gasteiger partial charge on any atom is -0.338 e. The van der Waals surface area contributed by atoms with Gasteiger partial charge in [-0.1, -0.05) is 48.5 Å². The molecule has 3 rings (SSSR count). The van der Waals surface area contributed by atoms with Crippen molar-refractivity contribution >= 4 is 0 Å². The molecule has 22 heavy (non-hydrogen) atoms. The first kappa shape index (κ1) is 14.5. The van der Waals surface area contributed by atoms with Crippen molar-refractivity contribution in [2.45, 2.75) is 26.4 Å². The van der Waals surface area contributed by atoms with Gasteiger partial charge in [0.1, 0.15) is 11.5 Å².